The summed E-state index contributed by atoms with van der Waals surface area (Å²) in [6.45, 7) is 7.47. The van der Waals surface area contributed by atoms with Crippen molar-refractivity contribution in [1.82, 2.24) is 0 Å². The molecule has 60 valence electrons. The van der Waals surface area contributed by atoms with Gasteiger partial charge in [-0.1, -0.05) is 0 Å². The Morgan fingerprint density at radius 2 is 1.55 bits per heavy atom. The summed E-state index contributed by atoms with van der Waals surface area (Å²) in [6.07, 6.45) is 2.86. The normalized spacial score (nSPS) is 9.36. The van der Waals surface area contributed by atoms with E-state index in [2.05, 4.69) is 6.92 Å². The summed E-state index contributed by atoms with van der Waals surface area (Å²) >= 11 is 1.11. The van der Waals surface area contributed by atoms with Gasteiger partial charge < -0.3 is 5.11 Å². The van der Waals surface area contributed by atoms with Crippen LogP contribution in [0.5, 0.6) is 0 Å². The van der Waals surface area contributed by atoms with Crippen molar-refractivity contribution >= 4 is 67.8 Å². The maximum atomic E-state index is 8.52. The summed E-state index contributed by atoms with van der Waals surface area (Å²) in [5, 5.41) is 8.52. The number of rotatable bonds is 2. The van der Waals surface area contributed by atoms with E-state index in [4.69, 9.17) is 5.11 Å². The summed E-state index contributed by atoms with van der Waals surface area (Å²) in [5.74, 6) is 0. The number of aliphatic hydroxyl groups is 1. The molecule has 0 amide bonds. The van der Waals surface area contributed by atoms with Gasteiger partial charge in [-0.25, -0.2) is 0 Å². The van der Waals surface area contributed by atoms with Gasteiger partial charge in [-0.3, -0.25) is 0 Å². The molecule has 1 N–H and O–H groups in total. The summed E-state index contributed by atoms with van der Waals surface area (Å²) < 4.78 is 1.53. The topological polar surface area (TPSA) is 20.2 Å². The van der Waals surface area contributed by atoms with E-state index in [-0.39, 0.29) is 18.9 Å². The van der Waals surface area contributed by atoms with Crippen molar-refractivity contribution in [3.63, 3.8) is 0 Å². The fourth-order valence-electron chi connectivity index (χ4n) is 0.354. The van der Waals surface area contributed by atoms with E-state index in [1.807, 2.05) is 0 Å². The summed E-state index contributed by atoms with van der Waals surface area (Å²) in [4.78, 5) is 0. The SMILES string of the molecule is CC(C)(C)O.CCC[CH2][K].[LiH]. The molecule has 0 heterocycles. The van der Waals surface area contributed by atoms with Gasteiger partial charge >= 0.3 is 88.1 Å². The van der Waals surface area contributed by atoms with E-state index >= 15 is 0 Å². The van der Waals surface area contributed by atoms with Gasteiger partial charge in [0.15, 0.2) is 0 Å². The van der Waals surface area contributed by atoms with Crippen LogP contribution in [0.4, 0.5) is 0 Å². The van der Waals surface area contributed by atoms with E-state index < -0.39 is 5.60 Å². The van der Waals surface area contributed by atoms with Crippen LogP contribution in [0.25, 0.3) is 0 Å². The van der Waals surface area contributed by atoms with Gasteiger partial charge in [-0.15, -0.1) is 0 Å². The predicted octanol–water partition coefficient (Wildman–Crippen LogP) is 1.50. The minimum absolute atomic E-state index is 0. The summed E-state index contributed by atoms with van der Waals surface area (Å²) in [5.41, 5.74) is -0.500. The molecule has 0 atom stereocenters. The third-order valence-electron chi connectivity index (χ3n) is 0.707. The van der Waals surface area contributed by atoms with Crippen LogP contribution in [0.1, 0.15) is 40.5 Å². The Balaban J connectivity index is -0.000000107. The van der Waals surface area contributed by atoms with Gasteiger partial charge in [0, 0.05) is 0 Å². The molecular weight excluding hydrogens is 158 g/mol. The Morgan fingerprint density at radius 1 is 1.27 bits per heavy atom. The molecule has 0 radical (unpaired) electrons. The van der Waals surface area contributed by atoms with Gasteiger partial charge in [0.25, 0.3) is 0 Å². The number of hydrogen-bond acceptors (Lipinski definition) is 1. The first-order valence-corrected chi connectivity index (χ1v) is 6.35. The van der Waals surface area contributed by atoms with Crippen LogP contribution < -0.4 is 0 Å². The van der Waals surface area contributed by atoms with E-state index in [1.165, 1.54) is 13.4 Å². The molecular formula is C8H20KLiO. The molecule has 0 saturated heterocycles. The first-order valence-electron chi connectivity index (χ1n) is 4.14. The Kier molecular flexibility index (Phi) is 20.9. The van der Waals surface area contributed by atoms with E-state index in [0.717, 1.165) is 49.0 Å². The molecule has 0 aliphatic heterocycles. The van der Waals surface area contributed by atoms with Crippen LogP contribution in [-0.2, 0) is 0 Å². The van der Waals surface area contributed by atoms with Crippen molar-refractivity contribution in [2.75, 3.05) is 0 Å². The molecule has 0 saturated carbocycles. The Hall–Kier alpha value is 2.19. The molecule has 0 aromatic rings. The molecule has 0 spiro atoms. The van der Waals surface area contributed by atoms with Gasteiger partial charge in [0.05, 0.1) is 5.60 Å². The zero-order chi connectivity index (χ0) is 8.62. The van der Waals surface area contributed by atoms with Gasteiger partial charge in [-0.05, 0) is 20.8 Å². The van der Waals surface area contributed by atoms with Gasteiger partial charge in [-0.2, -0.15) is 0 Å². The predicted molar refractivity (Wildman–Crippen MR) is 54.6 cm³/mol. The second-order valence-electron chi connectivity index (χ2n) is 3.52. The molecule has 11 heavy (non-hydrogen) atoms. The van der Waals surface area contributed by atoms with Crippen LogP contribution in [0.2, 0.25) is 0.515 Å². The first-order chi connectivity index (χ1) is 4.41. The molecule has 0 unspecified atom stereocenters. The Labute approximate surface area is 117 Å². The molecule has 0 bridgehead atoms. The number of hydrogen-bond donors (Lipinski definition) is 1. The van der Waals surface area contributed by atoms with E-state index in [9.17, 15) is 0 Å². The zero-order valence-electron chi connectivity index (χ0n) is 8.07. The monoisotopic (exact) mass is 178 g/mol. The molecule has 0 aliphatic carbocycles. The number of unbranched alkanes of at least 4 members (excludes halogenated alkanes) is 1. The standard InChI is InChI=1S/C4H10O.C4H9.K.Li.H/c1-4(2,3)5;1-3-4-2;;;/h5H,1-3H3;1,3-4H2,2H3;;;. The molecule has 1 nitrogen and oxygen atoms in total. The molecule has 0 aliphatic rings. The van der Waals surface area contributed by atoms with Gasteiger partial charge in [0.2, 0.25) is 0 Å². The molecule has 0 aromatic heterocycles. The van der Waals surface area contributed by atoms with E-state index in [1.54, 1.807) is 20.8 Å². The quantitative estimate of drug-likeness (QED) is 0.635. The summed E-state index contributed by atoms with van der Waals surface area (Å²) in [7, 11) is 0. The van der Waals surface area contributed by atoms with Crippen LogP contribution in [0, 0.1) is 0 Å². The second-order valence-corrected chi connectivity index (χ2v) is 5.09. The molecule has 3 heteroatoms. The van der Waals surface area contributed by atoms with Crippen molar-refractivity contribution < 1.29 is 5.11 Å². The van der Waals surface area contributed by atoms with Crippen molar-refractivity contribution in [3.8, 4) is 0 Å². The molecule has 0 aromatic carbocycles. The van der Waals surface area contributed by atoms with Crippen molar-refractivity contribution in [1.29, 1.82) is 0 Å². The van der Waals surface area contributed by atoms with Gasteiger partial charge in [0.1, 0.15) is 0 Å². The fourth-order valence-corrected chi connectivity index (χ4v) is 1.46. The molecule has 0 rings (SSSR count). The van der Waals surface area contributed by atoms with E-state index in [0.29, 0.717) is 0 Å². The van der Waals surface area contributed by atoms with Crippen LogP contribution in [0.15, 0.2) is 0 Å². The van der Waals surface area contributed by atoms with Crippen molar-refractivity contribution in [3.05, 3.63) is 0 Å². The van der Waals surface area contributed by atoms with Crippen LogP contribution >= 0.6 is 0 Å². The fraction of sp³-hybridized carbons (Fsp3) is 1.00. The molecule has 0 fully saturated rings. The average molecular weight is 178 g/mol. The third-order valence-corrected chi connectivity index (χ3v) is 1.81. The Bertz CT molecular complexity index is 53.6. The average Bonchev–Trinajstić information content (AvgIpc) is 1.63. The van der Waals surface area contributed by atoms with Crippen molar-refractivity contribution in [2.45, 2.75) is 46.7 Å². The maximum absolute atomic E-state index is 8.52. The Morgan fingerprint density at radius 3 is 1.55 bits per heavy atom. The van der Waals surface area contributed by atoms with Crippen LogP contribution in [-0.4, -0.2) is 78.5 Å². The zero-order valence-corrected chi connectivity index (χ0v) is 11.2. The summed E-state index contributed by atoms with van der Waals surface area (Å²) in [6, 6.07) is 0. The minimum atomic E-state index is -0.500. The van der Waals surface area contributed by atoms with Crippen molar-refractivity contribution in [2.24, 2.45) is 0 Å². The van der Waals surface area contributed by atoms with Crippen LogP contribution in [0.3, 0.4) is 0 Å². The second kappa shape index (κ2) is 12.2. The first kappa shape index (κ1) is 18.9. The third kappa shape index (κ3) is 72.0.